The number of Topliss-reactive ketones (excluding diaryl/α,β-unsaturated/α-hetero) is 1. The van der Waals surface area contributed by atoms with Crippen molar-refractivity contribution in [2.75, 3.05) is 21.3 Å². The number of rotatable bonds is 4. The molecule has 0 aromatic heterocycles. The number of ether oxygens (including phenoxy) is 3. The summed E-state index contributed by atoms with van der Waals surface area (Å²) < 4.78 is 15.8. The Morgan fingerprint density at radius 3 is 2.39 bits per heavy atom. The molecule has 0 N–H and O–H groups in total. The van der Waals surface area contributed by atoms with Gasteiger partial charge in [-0.2, -0.15) is 0 Å². The van der Waals surface area contributed by atoms with Crippen molar-refractivity contribution >= 4 is 17.5 Å². The molecule has 1 aromatic rings. The minimum atomic E-state index is -0.646. The molecule has 1 aliphatic carbocycles. The monoisotopic (exact) mass is 385 g/mol. The van der Waals surface area contributed by atoms with E-state index in [0.717, 1.165) is 11.3 Å². The summed E-state index contributed by atoms with van der Waals surface area (Å²) in [5.41, 5.74) is 2.71. The molecule has 0 amide bonds. The molecule has 1 aromatic carbocycles. The highest BCUT2D eigenvalue weighted by atomic mass is 16.5. The van der Waals surface area contributed by atoms with Crippen LogP contribution in [0.1, 0.15) is 45.1 Å². The maximum absolute atomic E-state index is 13.1. The number of hydrogen-bond donors (Lipinski definition) is 0. The number of methoxy groups -OCH3 is 3. The van der Waals surface area contributed by atoms with Crippen molar-refractivity contribution in [2.24, 2.45) is 16.3 Å². The van der Waals surface area contributed by atoms with Crippen molar-refractivity contribution in [3.63, 3.8) is 0 Å². The maximum atomic E-state index is 13.1. The van der Waals surface area contributed by atoms with Crippen LogP contribution in [0.5, 0.6) is 11.5 Å². The standard InChI is InChI=1S/C22H27NO5/c1-12-18(21(25)28-6)19(13-7-8-16(26-4)17(9-13)27-5)20-14(23-12)10-22(2,3)11-15(20)24/h7-9,18-19H,10-11H2,1-6H3/t18?,19-/m1/s1. The van der Waals surface area contributed by atoms with E-state index in [1.807, 2.05) is 19.1 Å². The number of carbonyl (C=O) groups excluding carboxylic acids is 2. The van der Waals surface area contributed by atoms with E-state index in [1.54, 1.807) is 20.3 Å². The number of allylic oxidation sites excluding steroid dienone is 2. The van der Waals surface area contributed by atoms with Crippen molar-refractivity contribution in [3.05, 3.63) is 35.0 Å². The molecular formula is C22H27NO5. The predicted molar refractivity (Wildman–Crippen MR) is 106 cm³/mol. The second kappa shape index (κ2) is 7.41. The minimum absolute atomic E-state index is 0.0381. The summed E-state index contributed by atoms with van der Waals surface area (Å²) in [5.74, 6) is -0.321. The molecule has 6 nitrogen and oxygen atoms in total. The lowest BCUT2D eigenvalue weighted by Crippen LogP contribution is -2.39. The van der Waals surface area contributed by atoms with E-state index in [1.165, 1.54) is 7.11 Å². The van der Waals surface area contributed by atoms with Crippen LogP contribution in [0.25, 0.3) is 0 Å². The summed E-state index contributed by atoms with van der Waals surface area (Å²) >= 11 is 0. The van der Waals surface area contributed by atoms with Gasteiger partial charge in [0.1, 0.15) is 5.92 Å². The number of aliphatic imine (C=N–C) groups is 1. The topological polar surface area (TPSA) is 74.2 Å². The fraction of sp³-hybridized carbons (Fsp3) is 0.500. The fourth-order valence-corrected chi connectivity index (χ4v) is 4.28. The Hall–Kier alpha value is -2.63. The van der Waals surface area contributed by atoms with E-state index in [4.69, 9.17) is 14.2 Å². The molecule has 0 saturated carbocycles. The van der Waals surface area contributed by atoms with E-state index < -0.39 is 17.8 Å². The number of carbonyl (C=O) groups is 2. The molecule has 1 unspecified atom stereocenters. The molecule has 0 fully saturated rings. The predicted octanol–water partition coefficient (Wildman–Crippen LogP) is 3.69. The Morgan fingerprint density at radius 1 is 1.11 bits per heavy atom. The van der Waals surface area contributed by atoms with Crippen LogP contribution >= 0.6 is 0 Å². The summed E-state index contributed by atoms with van der Waals surface area (Å²) in [4.78, 5) is 30.5. The Bertz CT molecular complexity index is 881. The van der Waals surface area contributed by atoms with Crippen molar-refractivity contribution in [2.45, 2.75) is 39.5 Å². The van der Waals surface area contributed by atoms with Crippen molar-refractivity contribution in [3.8, 4) is 11.5 Å². The Labute approximate surface area is 165 Å². The first-order valence-electron chi connectivity index (χ1n) is 9.33. The molecule has 0 bridgehead atoms. The molecule has 1 aliphatic heterocycles. The molecular weight excluding hydrogens is 358 g/mol. The van der Waals surface area contributed by atoms with Crippen molar-refractivity contribution < 1.29 is 23.8 Å². The van der Waals surface area contributed by atoms with Gasteiger partial charge in [-0.05, 0) is 36.5 Å². The molecule has 1 heterocycles. The Kier molecular flexibility index (Phi) is 5.33. The number of hydrogen-bond acceptors (Lipinski definition) is 6. The average Bonchev–Trinajstić information content (AvgIpc) is 2.64. The van der Waals surface area contributed by atoms with Gasteiger partial charge < -0.3 is 14.2 Å². The van der Waals surface area contributed by atoms with Crippen LogP contribution in [0.3, 0.4) is 0 Å². The van der Waals surface area contributed by atoms with Crippen LogP contribution in [-0.2, 0) is 14.3 Å². The second-order valence-corrected chi connectivity index (χ2v) is 8.15. The number of nitrogens with zero attached hydrogens (tertiary/aromatic N) is 1. The summed E-state index contributed by atoms with van der Waals surface area (Å²) in [6.07, 6.45) is 1.13. The van der Waals surface area contributed by atoms with Crippen LogP contribution in [0.2, 0.25) is 0 Å². The highest BCUT2D eigenvalue weighted by Crippen LogP contribution is 2.48. The first-order chi connectivity index (χ1) is 13.2. The largest absolute Gasteiger partial charge is 0.493 e. The van der Waals surface area contributed by atoms with Crippen LogP contribution in [0.4, 0.5) is 0 Å². The van der Waals surface area contributed by atoms with E-state index in [2.05, 4.69) is 18.8 Å². The van der Waals surface area contributed by atoms with Gasteiger partial charge in [-0.1, -0.05) is 19.9 Å². The van der Waals surface area contributed by atoms with Gasteiger partial charge in [-0.25, -0.2) is 0 Å². The third kappa shape index (κ3) is 3.43. The summed E-state index contributed by atoms with van der Waals surface area (Å²) in [7, 11) is 4.49. The normalized spacial score (nSPS) is 23.6. The molecule has 0 saturated heterocycles. The highest BCUT2D eigenvalue weighted by molar-refractivity contribution is 6.09. The van der Waals surface area contributed by atoms with Crippen LogP contribution < -0.4 is 9.47 Å². The average molecular weight is 385 g/mol. The maximum Gasteiger partial charge on any atom is 0.315 e. The zero-order valence-corrected chi connectivity index (χ0v) is 17.3. The first kappa shape index (κ1) is 20.1. The number of benzene rings is 1. The molecule has 2 atom stereocenters. The number of esters is 1. The smallest absolute Gasteiger partial charge is 0.315 e. The van der Waals surface area contributed by atoms with Crippen LogP contribution in [0.15, 0.2) is 34.5 Å². The van der Waals surface area contributed by atoms with Gasteiger partial charge in [0.05, 0.1) is 21.3 Å². The summed E-state index contributed by atoms with van der Waals surface area (Å²) in [6, 6.07) is 5.49. The van der Waals surface area contributed by atoms with Gasteiger partial charge in [0, 0.05) is 29.3 Å². The SMILES string of the molecule is COC(=O)C1C(C)=NC2=C(C(=O)CC(C)(C)C2)[C@@H]1c1ccc(OC)c(OC)c1. The van der Waals surface area contributed by atoms with Crippen LogP contribution in [0, 0.1) is 11.3 Å². The van der Waals surface area contributed by atoms with Gasteiger partial charge in [0.15, 0.2) is 17.3 Å². The highest BCUT2D eigenvalue weighted by Gasteiger charge is 2.46. The Balaban J connectivity index is 2.21. The molecule has 3 rings (SSSR count). The van der Waals surface area contributed by atoms with Gasteiger partial charge in [0.2, 0.25) is 0 Å². The zero-order valence-electron chi connectivity index (χ0n) is 17.3. The minimum Gasteiger partial charge on any atom is -0.493 e. The van der Waals surface area contributed by atoms with E-state index in [0.29, 0.717) is 35.6 Å². The molecule has 150 valence electrons. The summed E-state index contributed by atoms with van der Waals surface area (Å²) in [5, 5.41) is 0. The third-order valence-corrected chi connectivity index (χ3v) is 5.52. The zero-order chi connectivity index (χ0) is 20.6. The summed E-state index contributed by atoms with van der Waals surface area (Å²) in [6.45, 7) is 5.96. The third-order valence-electron chi connectivity index (χ3n) is 5.52. The molecule has 28 heavy (non-hydrogen) atoms. The lowest BCUT2D eigenvalue weighted by atomic mass is 9.67. The molecule has 2 aliphatic rings. The molecule has 6 heteroatoms. The quantitative estimate of drug-likeness (QED) is 0.739. The second-order valence-electron chi connectivity index (χ2n) is 8.15. The van der Waals surface area contributed by atoms with Crippen LogP contribution in [-0.4, -0.2) is 38.8 Å². The van der Waals surface area contributed by atoms with E-state index >= 15 is 0 Å². The number of ketones is 1. The fourth-order valence-electron chi connectivity index (χ4n) is 4.28. The first-order valence-corrected chi connectivity index (χ1v) is 9.33. The van der Waals surface area contributed by atoms with Crippen molar-refractivity contribution in [1.29, 1.82) is 0 Å². The lowest BCUT2D eigenvalue weighted by Gasteiger charge is -2.38. The van der Waals surface area contributed by atoms with Gasteiger partial charge in [0.25, 0.3) is 0 Å². The van der Waals surface area contributed by atoms with Gasteiger partial charge in [-0.3, -0.25) is 14.6 Å². The van der Waals surface area contributed by atoms with E-state index in [9.17, 15) is 9.59 Å². The molecule has 0 radical (unpaired) electrons. The Morgan fingerprint density at radius 2 is 1.79 bits per heavy atom. The van der Waals surface area contributed by atoms with Gasteiger partial charge >= 0.3 is 5.97 Å². The molecule has 0 spiro atoms. The lowest BCUT2D eigenvalue weighted by molar-refractivity contribution is -0.143. The van der Waals surface area contributed by atoms with Crippen molar-refractivity contribution in [1.82, 2.24) is 0 Å². The van der Waals surface area contributed by atoms with Gasteiger partial charge in [-0.15, -0.1) is 0 Å². The van der Waals surface area contributed by atoms with E-state index in [-0.39, 0.29) is 11.2 Å².